The average Bonchev–Trinajstić information content (AvgIpc) is 1.63. The van der Waals surface area contributed by atoms with E-state index in [1.807, 2.05) is 0 Å². The van der Waals surface area contributed by atoms with Crippen LogP contribution in [0.25, 0.3) is 0 Å². The predicted molar refractivity (Wildman–Crippen MR) is 47.4 cm³/mol. The second-order valence-electron chi connectivity index (χ2n) is 1.27. The molecule has 0 aliphatic heterocycles. The molecule has 0 fully saturated rings. The van der Waals surface area contributed by atoms with Crippen molar-refractivity contribution in [2.24, 2.45) is 0 Å². The van der Waals surface area contributed by atoms with Gasteiger partial charge in [-0.2, -0.15) is 0 Å². The van der Waals surface area contributed by atoms with Crippen molar-refractivity contribution in [3.8, 4) is 0 Å². The summed E-state index contributed by atoms with van der Waals surface area (Å²) in [5.41, 5.74) is 0. The zero-order chi connectivity index (χ0) is 8.78. The fourth-order valence-corrected chi connectivity index (χ4v) is 0. The third-order valence-electron chi connectivity index (χ3n) is 0.152. The zero-order valence-corrected chi connectivity index (χ0v) is 8.83. The molecule has 0 heterocycles. The highest BCUT2D eigenvalue weighted by Crippen LogP contribution is 2.22. The van der Waals surface area contributed by atoms with E-state index in [4.69, 9.17) is 34.8 Å². The van der Waals surface area contributed by atoms with Crippen molar-refractivity contribution in [3.63, 3.8) is 0 Å². The van der Waals surface area contributed by atoms with E-state index < -0.39 is 10.5 Å². The first-order valence-corrected chi connectivity index (χ1v) is 4.36. The molecular weight excluding hydrogens is 244 g/mol. The van der Waals surface area contributed by atoms with Crippen LogP contribution in [0.5, 0.6) is 0 Å². The van der Waals surface area contributed by atoms with Gasteiger partial charge in [0, 0.05) is 0 Å². The van der Waals surface area contributed by atoms with Crippen molar-refractivity contribution in [1.82, 2.24) is 0 Å². The lowest BCUT2D eigenvalue weighted by Crippen LogP contribution is -2.03. The van der Waals surface area contributed by atoms with Gasteiger partial charge in [0.05, 0.1) is 5.88 Å². The SMILES string of the molecule is CC(Cl)Cl.FC(Cl)(Cl)CCl. The molecule has 0 radical (unpaired) electrons. The average molecular weight is 250 g/mol. The van der Waals surface area contributed by atoms with Gasteiger partial charge in [-0.3, -0.25) is 0 Å². The Kier molecular flexibility index (Phi) is 9.83. The molecule has 0 aliphatic rings. The molecule has 0 unspecified atom stereocenters. The maximum Gasteiger partial charge on any atom is 0.270 e. The van der Waals surface area contributed by atoms with Crippen molar-refractivity contribution in [3.05, 3.63) is 0 Å². The largest absolute Gasteiger partial charge is 0.270 e. The molecule has 0 N–H and O–H groups in total. The first kappa shape index (κ1) is 13.9. The van der Waals surface area contributed by atoms with Gasteiger partial charge in [-0.05, 0) is 6.92 Å². The number of hydrogen-bond acceptors (Lipinski definition) is 0. The summed E-state index contributed by atoms with van der Waals surface area (Å²) in [6.45, 7) is 1.70. The quantitative estimate of drug-likeness (QED) is 0.614. The number of alkyl halides is 6. The summed E-state index contributed by atoms with van der Waals surface area (Å²) in [5, 5.41) is 0. The Morgan fingerprint density at radius 1 is 1.40 bits per heavy atom. The van der Waals surface area contributed by atoms with E-state index in [1.165, 1.54) is 0 Å². The summed E-state index contributed by atoms with van der Waals surface area (Å²) >= 11 is 24.3. The van der Waals surface area contributed by atoms with Gasteiger partial charge in [-0.15, -0.1) is 34.8 Å². The fraction of sp³-hybridized carbons (Fsp3) is 1.00. The molecule has 0 amide bonds. The maximum absolute atomic E-state index is 11.5. The lowest BCUT2D eigenvalue weighted by Gasteiger charge is -1.98. The van der Waals surface area contributed by atoms with Crippen LogP contribution >= 0.6 is 58.0 Å². The molecule has 0 aromatic rings. The van der Waals surface area contributed by atoms with Gasteiger partial charge in [-0.25, -0.2) is 4.39 Å². The first-order valence-electron chi connectivity index (χ1n) is 2.20. The van der Waals surface area contributed by atoms with E-state index in [-0.39, 0.29) is 4.84 Å². The van der Waals surface area contributed by atoms with Crippen molar-refractivity contribution in [1.29, 1.82) is 0 Å². The Labute approximate surface area is 84.5 Å². The van der Waals surface area contributed by atoms with Gasteiger partial charge in [-0.1, -0.05) is 23.2 Å². The van der Waals surface area contributed by atoms with E-state index in [0.29, 0.717) is 0 Å². The molecule has 0 saturated heterocycles. The van der Waals surface area contributed by atoms with Gasteiger partial charge in [0.1, 0.15) is 4.84 Å². The number of rotatable bonds is 1. The van der Waals surface area contributed by atoms with Crippen molar-refractivity contribution < 1.29 is 4.39 Å². The van der Waals surface area contributed by atoms with Gasteiger partial charge in [0.25, 0.3) is 4.59 Å². The van der Waals surface area contributed by atoms with Crippen LogP contribution in [0.3, 0.4) is 0 Å². The Morgan fingerprint density at radius 2 is 1.50 bits per heavy atom. The minimum atomic E-state index is -2.25. The molecule has 0 saturated carbocycles. The molecule has 0 nitrogen and oxygen atoms in total. The molecule has 0 aromatic carbocycles. The summed E-state index contributed by atoms with van der Waals surface area (Å²) in [7, 11) is 0. The highest BCUT2D eigenvalue weighted by atomic mass is 35.5. The van der Waals surface area contributed by atoms with Crippen molar-refractivity contribution >= 4 is 58.0 Å². The van der Waals surface area contributed by atoms with E-state index in [9.17, 15) is 4.39 Å². The van der Waals surface area contributed by atoms with Crippen molar-refractivity contribution in [2.45, 2.75) is 16.3 Å². The Hall–Kier alpha value is 1.38. The van der Waals surface area contributed by atoms with Crippen LogP contribution in [-0.2, 0) is 0 Å². The lowest BCUT2D eigenvalue weighted by molar-refractivity contribution is 0.428. The van der Waals surface area contributed by atoms with Gasteiger partial charge < -0.3 is 0 Å². The molecule has 0 rings (SSSR count). The number of halogens is 6. The van der Waals surface area contributed by atoms with Crippen LogP contribution in [0.2, 0.25) is 0 Å². The van der Waals surface area contributed by atoms with Gasteiger partial charge in [0.2, 0.25) is 0 Å². The third-order valence-corrected chi connectivity index (χ3v) is 1.06. The summed E-state index contributed by atoms with van der Waals surface area (Å²) in [6, 6.07) is 0. The Bertz CT molecular complexity index is 65.8. The van der Waals surface area contributed by atoms with Crippen LogP contribution in [0.15, 0.2) is 0 Å². The predicted octanol–water partition coefficient (Wildman–Crippen LogP) is 4.14. The molecule has 64 valence electrons. The molecule has 0 atom stereocenters. The molecule has 0 bridgehead atoms. The maximum atomic E-state index is 11.5. The van der Waals surface area contributed by atoms with Crippen LogP contribution in [-0.4, -0.2) is 15.3 Å². The summed E-state index contributed by atoms with van der Waals surface area (Å²) in [4.78, 5) is -0.222. The van der Waals surface area contributed by atoms with Gasteiger partial charge >= 0.3 is 0 Å². The van der Waals surface area contributed by atoms with E-state index in [2.05, 4.69) is 23.2 Å². The summed E-state index contributed by atoms with van der Waals surface area (Å²) in [5.74, 6) is -0.393. The van der Waals surface area contributed by atoms with E-state index in [0.717, 1.165) is 0 Å². The van der Waals surface area contributed by atoms with Crippen LogP contribution in [0, 0.1) is 0 Å². The fourth-order valence-electron chi connectivity index (χ4n) is 0. The van der Waals surface area contributed by atoms with E-state index >= 15 is 0 Å². The highest BCUT2D eigenvalue weighted by molar-refractivity contribution is 6.50. The van der Waals surface area contributed by atoms with Crippen LogP contribution in [0.1, 0.15) is 6.92 Å². The molecule has 6 heteroatoms. The Morgan fingerprint density at radius 3 is 1.50 bits per heavy atom. The molecule has 0 aliphatic carbocycles. The molecule has 0 aromatic heterocycles. The molecule has 0 spiro atoms. The summed E-state index contributed by atoms with van der Waals surface area (Å²) < 4.78 is 9.27. The second kappa shape index (κ2) is 7.05. The minimum absolute atomic E-state index is 0.222. The normalized spacial score (nSPS) is 10.8. The standard InChI is InChI=1S/C2H2Cl3F.C2H4Cl2/c3-1-2(4,5)6;1-2(3)4/h1H2;2H,1H3. The molecule has 10 heavy (non-hydrogen) atoms. The second-order valence-corrected chi connectivity index (χ2v) is 4.46. The monoisotopic (exact) mass is 248 g/mol. The zero-order valence-electron chi connectivity index (χ0n) is 5.05. The molecular formula is C4H6Cl5F. The van der Waals surface area contributed by atoms with Crippen molar-refractivity contribution in [2.75, 3.05) is 5.88 Å². The smallest absolute Gasteiger partial charge is 0.207 e. The Balaban J connectivity index is 0. The summed E-state index contributed by atoms with van der Waals surface area (Å²) in [6.07, 6.45) is 0. The minimum Gasteiger partial charge on any atom is -0.207 e. The third kappa shape index (κ3) is 34.3. The van der Waals surface area contributed by atoms with Crippen LogP contribution in [0.4, 0.5) is 4.39 Å². The van der Waals surface area contributed by atoms with Crippen LogP contribution < -0.4 is 0 Å². The topological polar surface area (TPSA) is 0 Å². The lowest BCUT2D eigenvalue weighted by atomic mass is 10.9. The highest BCUT2D eigenvalue weighted by Gasteiger charge is 2.18. The first-order chi connectivity index (χ1) is 4.29. The number of hydrogen-bond donors (Lipinski definition) is 0. The van der Waals surface area contributed by atoms with E-state index in [1.54, 1.807) is 6.92 Å². The van der Waals surface area contributed by atoms with Gasteiger partial charge in [0.15, 0.2) is 0 Å².